The molecule has 0 bridgehead atoms. The average molecular weight is 411 g/mol. The van der Waals surface area contributed by atoms with E-state index in [4.69, 9.17) is 4.74 Å². The molecule has 1 saturated heterocycles. The Balaban J connectivity index is 2.02. The van der Waals surface area contributed by atoms with Gasteiger partial charge in [0.2, 0.25) is 0 Å². The highest BCUT2D eigenvalue weighted by Gasteiger charge is 2.28. The quantitative estimate of drug-likeness (QED) is 0.524. The largest absolute Gasteiger partial charge is 0.379 e. The number of aryl methyl sites for hydroxylation is 1. The SMILES string of the molecule is CCNC(=NCc1ccc(S(C)(=O)=O)c(C)c1)NCC(C)(C)N1CCOCC1. The summed E-state index contributed by atoms with van der Waals surface area (Å²) in [6.07, 6.45) is 1.23. The second-order valence-corrected chi connectivity index (χ2v) is 9.82. The molecule has 0 aromatic heterocycles. The predicted molar refractivity (Wildman–Crippen MR) is 114 cm³/mol. The van der Waals surface area contributed by atoms with Gasteiger partial charge in [0.25, 0.3) is 0 Å². The first-order valence-corrected chi connectivity index (χ1v) is 11.7. The first-order chi connectivity index (χ1) is 13.1. The van der Waals surface area contributed by atoms with Crippen LogP contribution in [0.1, 0.15) is 31.9 Å². The van der Waals surface area contributed by atoms with Crippen molar-refractivity contribution in [2.45, 2.75) is 44.7 Å². The minimum Gasteiger partial charge on any atom is -0.379 e. The second-order valence-electron chi connectivity index (χ2n) is 7.83. The van der Waals surface area contributed by atoms with Crippen molar-refractivity contribution < 1.29 is 13.2 Å². The number of rotatable bonds is 7. The fraction of sp³-hybridized carbons (Fsp3) is 0.650. The van der Waals surface area contributed by atoms with E-state index in [1.54, 1.807) is 6.07 Å². The molecule has 0 aliphatic carbocycles. The second kappa shape index (κ2) is 9.71. The Morgan fingerprint density at radius 1 is 1.25 bits per heavy atom. The molecule has 1 aromatic rings. The highest BCUT2D eigenvalue weighted by Crippen LogP contribution is 2.17. The normalized spacial score (nSPS) is 16.8. The van der Waals surface area contributed by atoms with E-state index in [-0.39, 0.29) is 5.54 Å². The lowest BCUT2D eigenvalue weighted by Gasteiger charge is -2.41. The van der Waals surface area contributed by atoms with E-state index in [1.807, 2.05) is 26.0 Å². The van der Waals surface area contributed by atoms with Crippen molar-refractivity contribution in [3.8, 4) is 0 Å². The fourth-order valence-corrected chi connectivity index (χ4v) is 4.28. The summed E-state index contributed by atoms with van der Waals surface area (Å²) >= 11 is 0. The van der Waals surface area contributed by atoms with Crippen LogP contribution in [0.3, 0.4) is 0 Å². The third-order valence-corrected chi connectivity index (χ3v) is 6.22. The summed E-state index contributed by atoms with van der Waals surface area (Å²) in [7, 11) is -3.20. The molecule has 0 spiro atoms. The molecule has 2 N–H and O–H groups in total. The molecule has 0 radical (unpaired) electrons. The lowest BCUT2D eigenvalue weighted by atomic mass is 10.0. The molecule has 158 valence electrons. The van der Waals surface area contributed by atoms with Gasteiger partial charge in [0.15, 0.2) is 15.8 Å². The molecule has 0 atom stereocenters. The Hall–Kier alpha value is -1.64. The fourth-order valence-electron chi connectivity index (χ4n) is 3.32. The van der Waals surface area contributed by atoms with E-state index < -0.39 is 9.84 Å². The maximum Gasteiger partial charge on any atom is 0.191 e. The number of benzene rings is 1. The Labute approximate surface area is 169 Å². The van der Waals surface area contributed by atoms with Crippen LogP contribution in [0.2, 0.25) is 0 Å². The summed E-state index contributed by atoms with van der Waals surface area (Å²) in [6, 6.07) is 5.38. The van der Waals surface area contributed by atoms with Crippen LogP contribution in [0.4, 0.5) is 0 Å². The zero-order chi connectivity index (χ0) is 20.8. The van der Waals surface area contributed by atoms with E-state index in [0.717, 1.165) is 56.5 Å². The summed E-state index contributed by atoms with van der Waals surface area (Å²) in [5.41, 5.74) is 1.73. The molecule has 8 heteroatoms. The molecular formula is C20H34N4O3S. The molecule has 1 heterocycles. The molecule has 2 rings (SSSR count). The number of nitrogens with zero attached hydrogens (tertiary/aromatic N) is 2. The number of ether oxygens (including phenoxy) is 1. The predicted octanol–water partition coefficient (Wildman–Crippen LogP) is 1.56. The van der Waals surface area contributed by atoms with Crippen LogP contribution in [0.15, 0.2) is 28.1 Å². The Bertz CT molecular complexity index is 785. The van der Waals surface area contributed by atoms with Crippen molar-refractivity contribution in [2.75, 3.05) is 45.6 Å². The maximum atomic E-state index is 11.8. The molecule has 28 heavy (non-hydrogen) atoms. The van der Waals surface area contributed by atoms with E-state index >= 15 is 0 Å². The van der Waals surface area contributed by atoms with Gasteiger partial charge in [-0.1, -0.05) is 12.1 Å². The van der Waals surface area contributed by atoms with Crippen LogP contribution in [0.25, 0.3) is 0 Å². The van der Waals surface area contributed by atoms with Crippen LogP contribution >= 0.6 is 0 Å². The van der Waals surface area contributed by atoms with E-state index in [1.165, 1.54) is 6.26 Å². The van der Waals surface area contributed by atoms with Crippen LogP contribution in [-0.4, -0.2) is 70.5 Å². The van der Waals surface area contributed by atoms with Crippen molar-refractivity contribution in [1.29, 1.82) is 0 Å². The number of nitrogens with one attached hydrogen (secondary N) is 2. The summed E-state index contributed by atoms with van der Waals surface area (Å²) in [6.45, 7) is 13.8. The minimum absolute atomic E-state index is 0.00626. The van der Waals surface area contributed by atoms with Gasteiger partial charge in [-0.3, -0.25) is 4.90 Å². The van der Waals surface area contributed by atoms with Crippen molar-refractivity contribution in [3.63, 3.8) is 0 Å². The minimum atomic E-state index is -3.20. The number of hydrogen-bond acceptors (Lipinski definition) is 5. The van der Waals surface area contributed by atoms with Gasteiger partial charge in [0.1, 0.15) is 0 Å². The Morgan fingerprint density at radius 2 is 1.93 bits per heavy atom. The van der Waals surface area contributed by atoms with E-state index in [0.29, 0.717) is 11.4 Å². The lowest BCUT2D eigenvalue weighted by molar-refractivity contribution is -0.00834. The number of sulfone groups is 1. The lowest BCUT2D eigenvalue weighted by Crippen LogP contribution is -2.56. The first kappa shape index (κ1) is 22.6. The van der Waals surface area contributed by atoms with Crippen LogP contribution in [0, 0.1) is 6.92 Å². The summed E-state index contributed by atoms with van der Waals surface area (Å²) in [5, 5.41) is 6.72. The molecule has 1 aliphatic heterocycles. The van der Waals surface area contributed by atoms with Gasteiger partial charge in [-0.2, -0.15) is 0 Å². The third-order valence-electron chi connectivity index (χ3n) is 4.96. The van der Waals surface area contributed by atoms with Crippen LogP contribution in [0.5, 0.6) is 0 Å². The summed E-state index contributed by atoms with van der Waals surface area (Å²) < 4.78 is 29.0. The maximum absolute atomic E-state index is 11.8. The molecule has 0 saturated carbocycles. The van der Waals surface area contributed by atoms with Crippen molar-refractivity contribution in [2.24, 2.45) is 4.99 Å². The molecule has 0 amide bonds. The molecule has 0 unspecified atom stereocenters. The molecular weight excluding hydrogens is 376 g/mol. The van der Waals surface area contributed by atoms with E-state index in [2.05, 4.69) is 34.4 Å². The number of morpholine rings is 1. The summed E-state index contributed by atoms with van der Waals surface area (Å²) in [5.74, 6) is 0.758. The molecule has 1 fully saturated rings. The van der Waals surface area contributed by atoms with Gasteiger partial charge in [-0.15, -0.1) is 0 Å². The van der Waals surface area contributed by atoms with Gasteiger partial charge >= 0.3 is 0 Å². The Morgan fingerprint density at radius 3 is 2.50 bits per heavy atom. The average Bonchev–Trinajstić information content (AvgIpc) is 2.64. The first-order valence-electron chi connectivity index (χ1n) is 9.78. The zero-order valence-corrected chi connectivity index (χ0v) is 18.5. The van der Waals surface area contributed by atoms with Gasteiger partial charge in [0, 0.05) is 38.0 Å². The monoisotopic (exact) mass is 410 g/mol. The smallest absolute Gasteiger partial charge is 0.191 e. The number of hydrogen-bond donors (Lipinski definition) is 2. The van der Waals surface area contributed by atoms with Gasteiger partial charge in [-0.05, 0) is 44.9 Å². The van der Waals surface area contributed by atoms with Crippen molar-refractivity contribution >= 4 is 15.8 Å². The Kier molecular flexibility index (Phi) is 7.86. The van der Waals surface area contributed by atoms with Gasteiger partial charge in [0.05, 0.1) is 24.7 Å². The molecule has 1 aliphatic rings. The highest BCUT2D eigenvalue weighted by molar-refractivity contribution is 7.90. The van der Waals surface area contributed by atoms with Crippen molar-refractivity contribution in [1.82, 2.24) is 15.5 Å². The highest BCUT2D eigenvalue weighted by atomic mass is 32.2. The standard InChI is InChI=1S/C20H34N4O3S/c1-6-21-19(23-15-20(3,4)24-9-11-27-12-10-24)22-14-17-7-8-18(16(2)13-17)28(5,25)26/h7-8,13H,6,9-12,14-15H2,1-5H3,(H2,21,22,23). The number of aliphatic imine (C=N–C) groups is 1. The number of guanidine groups is 1. The van der Waals surface area contributed by atoms with Crippen LogP contribution in [-0.2, 0) is 21.1 Å². The topological polar surface area (TPSA) is 83.0 Å². The summed E-state index contributed by atoms with van der Waals surface area (Å²) in [4.78, 5) is 7.47. The molecule has 7 nitrogen and oxygen atoms in total. The molecule has 1 aromatic carbocycles. The zero-order valence-electron chi connectivity index (χ0n) is 17.7. The van der Waals surface area contributed by atoms with E-state index in [9.17, 15) is 8.42 Å². The van der Waals surface area contributed by atoms with Crippen LogP contribution < -0.4 is 10.6 Å². The third kappa shape index (κ3) is 6.46. The van der Waals surface area contributed by atoms with Gasteiger partial charge in [-0.25, -0.2) is 13.4 Å². The van der Waals surface area contributed by atoms with Crippen molar-refractivity contribution in [3.05, 3.63) is 29.3 Å². The van der Waals surface area contributed by atoms with Gasteiger partial charge < -0.3 is 15.4 Å².